The second-order valence-electron chi connectivity index (χ2n) is 6.84. The number of hydrogen-bond acceptors (Lipinski definition) is 7. The summed E-state index contributed by atoms with van der Waals surface area (Å²) in [6.07, 6.45) is 7.12. The number of hydrogen-bond donors (Lipinski definition) is 5. The van der Waals surface area contributed by atoms with Crippen molar-refractivity contribution in [2.75, 3.05) is 19.8 Å². The van der Waals surface area contributed by atoms with Gasteiger partial charge in [0.15, 0.2) is 0 Å². The lowest BCUT2D eigenvalue weighted by Gasteiger charge is -2.17. The van der Waals surface area contributed by atoms with Gasteiger partial charge in [-0.25, -0.2) is 0 Å². The predicted octanol–water partition coefficient (Wildman–Crippen LogP) is 1.28. The van der Waals surface area contributed by atoms with Gasteiger partial charge in [-0.1, -0.05) is 44.9 Å². The fourth-order valence-corrected chi connectivity index (χ4v) is 2.73. The maximum absolute atomic E-state index is 11.5. The van der Waals surface area contributed by atoms with Gasteiger partial charge in [-0.05, 0) is 25.7 Å². The largest absolute Gasteiger partial charge is 0.457 e. The van der Waals surface area contributed by atoms with E-state index in [1.165, 1.54) is 0 Å². The molecule has 0 aliphatic heterocycles. The number of rotatable bonds is 18. The van der Waals surface area contributed by atoms with Gasteiger partial charge in [-0.3, -0.25) is 4.79 Å². The molecule has 5 N–H and O–H groups in total. The van der Waals surface area contributed by atoms with E-state index in [9.17, 15) is 15.0 Å². The summed E-state index contributed by atoms with van der Waals surface area (Å²) in [6.45, 7) is -0.545. The Hall–Kier alpha value is -0.730. The first kappa shape index (κ1) is 25.3. The first-order valence-corrected chi connectivity index (χ1v) is 9.93. The van der Waals surface area contributed by atoms with Crippen molar-refractivity contribution in [3.05, 3.63) is 0 Å². The molecule has 0 rings (SSSR count). The molecule has 0 fully saturated rings. The highest BCUT2D eigenvalue weighted by atomic mass is 16.6. The Morgan fingerprint density at radius 1 is 0.692 bits per heavy atom. The van der Waals surface area contributed by atoms with Crippen LogP contribution in [0.2, 0.25) is 0 Å². The Morgan fingerprint density at radius 3 is 1.65 bits per heavy atom. The van der Waals surface area contributed by atoms with Crippen LogP contribution in [0.25, 0.3) is 0 Å². The molecule has 0 radical (unpaired) electrons. The molecule has 0 heterocycles. The van der Waals surface area contributed by atoms with Crippen LogP contribution in [0.5, 0.6) is 0 Å². The average Bonchev–Trinajstić information content (AvgIpc) is 2.64. The summed E-state index contributed by atoms with van der Waals surface area (Å²) in [4.78, 5) is 11.5. The Kier molecular flexibility index (Phi) is 17.2. The van der Waals surface area contributed by atoms with E-state index in [2.05, 4.69) is 0 Å². The second kappa shape index (κ2) is 17.7. The monoisotopic (exact) mass is 378 g/mol. The molecule has 2 atom stereocenters. The molecular weight excluding hydrogens is 340 g/mol. The van der Waals surface area contributed by atoms with E-state index in [1.807, 2.05) is 0 Å². The van der Waals surface area contributed by atoms with Crippen molar-refractivity contribution in [1.29, 1.82) is 0 Å². The SMILES string of the molecule is O=C(CCCCCCCC(O)C(O)CCCCCCO)OC(CO)CO. The highest BCUT2D eigenvalue weighted by Crippen LogP contribution is 2.14. The van der Waals surface area contributed by atoms with Crippen LogP contribution in [0.4, 0.5) is 0 Å². The summed E-state index contributed by atoms with van der Waals surface area (Å²) >= 11 is 0. The van der Waals surface area contributed by atoms with Crippen LogP contribution < -0.4 is 0 Å². The van der Waals surface area contributed by atoms with Crippen molar-refractivity contribution in [3.8, 4) is 0 Å². The van der Waals surface area contributed by atoms with Gasteiger partial charge in [-0.2, -0.15) is 0 Å². The highest BCUT2D eigenvalue weighted by Gasteiger charge is 2.15. The van der Waals surface area contributed by atoms with Gasteiger partial charge < -0.3 is 30.3 Å². The summed E-state index contributed by atoms with van der Waals surface area (Å²) < 4.78 is 4.88. The molecule has 0 aliphatic carbocycles. The van der Waals surface area contributed by atoms with E-state index in [0.717, 1.165) is 51.4 Å². The second-order valence-corrected chi connectivity index (χ2v) is 6.84. The van der Waals surface area contributed by atoms with Crippen molar-refractivity contribution in [2.45, 2.75) is 95.4 Å². The van der Waals surface area contributed by atoms with Gasteiger partial charge in [0, 0.05) is 13.0 Å². The number of unbranched alkanes of at least 4 members (excludes halogenated alkanes) is 7. The summed E-state index contributed by atoms with van der Waals surface area (Å²) in [5, 5.41) is 46.2. The van der Waals surface area contributed by atoms with Gasteiger partial charge in [0.25, 0.3) is 0 Å². The fraction of sp³-hybridized carbons (Fsp3) is 0.947. The van der Waals surface area contributed by atoms with Gasteiger partial charge in [-0.15, -0.1) is 0 Å². The third kappa shape index (κ3) is 14.4. The minimum absolute atomic E-state index is 0.207. The van der Waals surface area contributed by atoms with E-state index < -0.39 is 24.3 Å². The molecule has 0 saturated heterocycles. The zero-order valence-electron chi connectivity index (χ0n) is 15.9. The Labute approximate surface area is 157 Å². The topological polar surface area (TPSA) is 127 Å². The van der Waals surface area contributed by atoms with Crippen LogP contribution in [0, 0.1) is 0 Å². The highest BCUT2D eigenvalue weighted by molar-refractivity contribution is 5.69. The molecule has 0 saturated carbocycles. The van der Waals surface area contributed by atoms with Crippen molar-refractivity contribution >= 4 is 5.97 Å². The number of carbonyl (C=O) groups excluding carboxylic acids is 1. The summed E-state index contributed by atoms with van der Waals surface area (Å²) in [5.74, 6) is -0.407. The van der Waals surface area contributed by atoms with E-state index in [4.69, 9.17) is 20.1 Å². The van der Waals surface area contributed by atoms with Crippen LogP contribution in [0.15, 0.2) is 0 Å². The molecule has 0 aromatic rings. The lowest BCUT2D eigenvalue weighted by atomic mass is 10.00. The minimum atomic E-state index is -0.829. The van der Waals surface area contributed by atoms with Gasteiger partial charge in [0.1, 0.15) is 6.10 Å². The van der Waals surface area contributed by atoms with Gasteiger partial charge in [0.2, 0.25) is 0 Å². The van der Waals surface area contributed by atoms with Crippen LogP contribution in [0.1, 0.15) is 77.0 Å². The van der Waals surface area contributed by atoms with Crippen LogP contribution in [-0.4, -0.2) is 69.6 Å². The fourth-order valence-electron chi connectivity index (χ4n) is 2.73. The van der Waals surface area contributed by atoms with Crippen molar-refractivity contribution in [1.82, 2.24) is 0 Å². The van der Waals surface area contributed by atoms with E-state index >= 15 is 0 Å². The quantitative estimate of drug-likeness (QED) is 0.179. The van der Waals surface area contributed by atoms with Crippen molar-refractivity contribution in [2.24, 2.45) is 0 Å². The molecule has 2 unspecified atom stereocenters. The van der Waals surface area contributed by atoms with Crippen molar-refractivity contribution < 1.29 is 35.1 Å². The molecule has 0 amide bonds. The number of esters is 1. The van der Waals surface area contributed by atoms with E-state index in [-0.39, 0.29) is 26.2 Å². The van der Waals surface area contributed by atoms with Crippen LogP contribution >= 0.6 is 0 Å². The summed E-state index contributed by atoms with van der Waals surface area (Å²) in [6, 6.07) is 0. The van der Waals surface area contributed by atoms with Crippen molar-refractivity contribution in [3.63, 3.8) is 0 Å². The smallest absolute Gasteiger partial charge is 0.306 e. The first-order chi connectivity index (χ1) is 12.5. The average molecular weight is 379 g/mol. The lowest BCUT2D eigenvalue weighted by molar-refractivity contribution is -0.153. The Bertz CT molecular complexity index is 321. The molecule has 7 nitrogen and oxygen atoms in total. The normalized spacial score (nSPS) is 13.8. The molecule has 0 bridgehead atoms. The van der Waals surface area contributed by atoms with Gasteiger partial charge >= 0.3 is 5.97 Å². The van der Waals surface area contributed by atoms with E-state index in [1.54, 1.807) is 0 Å². The van der Waals surface area contributed by atoms with Crippen LogP contribution in [-0.2, 0) is 9.53 Å². The predicted molar refractivity (Wildman–Crippen MR) is 98.6 cm³/mol. The first-order valence-electron chi connectivity index (χ1n) is 9.93. The standard InChI is InChI=1S/C19H38O7/c20-13-9-5-4-7-11-18(24)17(23)10-6-2-1-3-8-12-19(25)26-16(14-21)15-22/h16-18,20-24H,1-15H2. The molecule has 0 aromatic heterocycles. The molecule has 0 aliphatic rings. The zero-order valence-corrected chi connectivity index (χ0v) is 15.9. The lowest BCUT2D eigenvalue weighted by Crippen LogP contribution is -2.25. The van der Waals surface area contributed by atoms with Gasteiger partial charge in [0.05, 0.1) is 25.4 Å². The number of ether oxygens (including phenoxy) is 1. The molecule has 0 spiro atoms. The van der Waals surface area contributed by atoms with E-state index in [0.29, 0.717) is 19.3 Å². The number of carbonyl (C=O) groups is 1. The minimum Gasteiger partial charge on any atom is -0.457 e. The molecular formula is C19H38O7. The third-order valence-corrected chi connectivity index (χ3v) is 4.44. The third-order valence-electron chi connectivity index (χ3n) is 4.44. The molecule has 26 heavy (non-hydrogen) atoms. The van der Waals surface area contributed by atoms with Crippen LogP contribution in [0.3, 0.4) is 0 Å². The summed E-state index contributed by atoms with van der Waals surface area (Å²) in [5.41, 5.74) is 0. The molecule has 156 valence electrons. The number of aliphatic hydroxyl groups excluding tert-OH is 5. The Morgan fingerprint density at radius 2 is 1.15 bits per heavy atom. The molecule has 7 heteroatoms. The maximum Gasteiger partial charge on any atom is 0.306 e. The molecule has 0 aromatic carbocycles. The maximum atomic E-state index is 11.5. The summed E-state index contributed by atoms with van der Waals surface area (Å²) in [7, 11) is 0. The Balaban J connectivity index is 3.51. The zero-order chi connectivity index (χ0) is 19.6. The number of aliphatic hydroxyl groups is 5.